The van der Waals surface area contributed by atoms with Crippen LogP contribution in [0.3, 0.4) is 0 Å². The molecule has 6 nitrogen and oxygen atoms in total. The van der Waals surface area contributed by atoms with Crippen LogP contribution in [-0.4, -0.2) is 18.6 Å². The topological polar surface area (TPSA) is 89.4 Å². The van der Waals surface area contributed by atoms with Crippen molar-refractivity contribution < 1.29 is 9.53 Å². The van der Waals surface area contributed by atoms with Gasteiger partial charge < -0.3 is 10.5 Å². The van der Waals surface area contributed by atoms with E-state index in [0.29, 0.717) is 23.2 Å². The molecule has 0 unspecified atom stereocenters. The van der Waals surface area contributed by atoms with Crippen LogP contribution in [0.15, 0.2) is 21.3 Å². The Labute approximate surface area is 103 Å². The molecule has 0 aromatic heterocycles. The average Bonchev–Trinajstić information content (AvgIpc) is 2.76. The van der Waals surface area contributed by atoms with Gasteiger partial charge in [-0.15, -0.1) is 5.11 Å². The zero-order valence-corrected chi connectivity index (χ0v) is 9.88. The minimum Gasteiger partial charge on any atom is -0.420 e. The Morgan fingerprint density at radius 3 is 3.17 bits per heavy atom. The molecule has 92 valence electrons. The third-order valence-corrected chi connectivity index (χ3v) is 2.82. The summed E-state index contributed by atoms with van der Waals surface area (Å²) in [5, 5.41) is 9.33. The number of hydrogen-bond donors (Lipinski definition) is 1. The Balaban J connectivity index is 2.27. The number of esters is 1. The summed E-state index contributed by atoms with van der Waals surface area (Å²) in [6.45, 7) is 1.96. The van der Waals surface area contributed by atoms with Crippen LogP contribution in [0.1, 0.15) is 12.5 Å². The summed E-state index contributed by atoms with van der Waals surface area (Å²) in [7, 11) is 0. The fourth-order valence-electron chi connectivity index (χ4n) is 2.13. The number of hydrogen-bond acceptors (Lipinski definition) is 6. The number of nitrogens with zero attached hydrogens (tertiary/aromatic N) is 3. The first kappa shape index (κ1) is 11.0. The molecule has 1 aromatic carbocycles. The third kappa shape index (κ3) is 1.70. The highest BCUT2D eigenvalue weighted by molar-refractivity contribution is 5.78. The molecule has 2 aliphatic rings. The molecule has 0 fully saturated rings. The summed E-state index contributed by atoms with van der Waals surface area (Å²) in [5.41, 5.74) is 7.37. The maximum atomic E-state index is 11.3. The van der Waals surface area contributed by atoms with Gasteiger partial charge in [0, 0.05) is 11.3 Å². The van der Waals surface area contributed by atoms with Crippen LogP contribution in [0, 0.1) is 0 Å². The smallest absolute Gasteiger partial charge is 0.333 e. The second-order valence-corrected chi connectivity index (χ2v) is 4.47. The maximum Gasteiger partial charge on any atom is 0.333 e. The first-order chi connectivity index (χ1) is 8.65. The van der Waals surface area contributed by atoms with E-state index < -0.39 is 0 Å². The van der Waals surface area contributed by atoms with Gasteiger partial charge in [-0.2, -0.15) is 5.11 Å². The van der Waals surface area contributed by atoms with Crippen LogP contribution in [-0.2, 0) is 11.2 Å². The molecule has 1 aromatic rings. The van der Waals surface area contributed by atoms with E-state index in [1.54, 1.807) is 6.20 Å². The van der Waals surface area contributed by atoms with Crippen LogP contribution in [0.4, 0.5) is 5.69 Å². The van der Waals surface area contributed by atoms with Crippen molar-refractivity contribution in [1.82, 2.24) is 0 Å². The van der Waals surface area contributed by atoms with E-state index in [9.17, 15) is 4.79 Å². The summed E-state index contributed by atoms with van der Waals surface area (Å²) in [6.07, 6.45) is 2.31. The van der Waals surface area contributed by atoms with Crippen LogP contribution >= 0.6 is 0 Å². The first-order valence-electron chi connectivity index (χ1n) is 5.73. The van der Waals surface area contributed by atoms with Gasteiger partial charge in [-0.3, -0.25) is 4.99 Å². The van der Waals surface area contributed by atoms with Crippen molar-refractivity contribution in [2.45, 2.75) is 19.4 Å². The highest BCUT2D eigenvalue weighted by Crippen LogP contribution is 2.25. The van der Waals surface area contributed by atoms with E-state index in [-0.39, 0.29) is 18.6 Å². The van der Waals surface area contributed by atoms with Crippen molar-refractivity contribution >= 4 is 17.9 Å². The van der Waals surface area contributed by atoms with Gasteiger partial charge >= 0.3 is 5.97 Å². The largest absolute Gasteiger partial charge is 0.420 e. The quantitative estimate of drug-likeness (QED) is 0.584. The van der Waals surface area contributed by atoms with Crippen LogP contribution in [0.25, 0.3) is 6.20 Å². The lowest BCUT2D eigenvalue weighted by Gasteiger charge is -2.14. The van der Waals surface area contributed by atoms with Gasteiger partial charge in [0.05, 0.1) is 6.20 Å². The molecule has 6 heteroatoms. The normalized spacial score (nSPS) is 17.3. The minimum atomic E-state index is -0.371. The number of benzene rings is 1. The molecule has 0 saturated carbocycles. The van der Waals surface area contributed by atoms with Crippen molar-refractivity contribution in [2.75, 3.05) is 6.54 Å². The average molecular weight is 244 g/mol. The highest BCUT2D eigenvalue weighted by atomic mass is 16.5. The van der Waals surface area contributed by atoms with Crippen molar-refractivity contribution in [1.29, 1.82) is 0 Å². The third-order valence-electron chi connectivity index (χ3n) is 2.82. The molecule has 0 aliphatic carbocycles. The molecule has 0 radical (unpaired) electrons. The van der Waals surface area contributed by atoms with Crippen molar-refractivity contribution in [3.8, 4) is 5.75 Å². The van der Waals surface area contributed by atoms with Gasteiger partial charge in [0.1, 0.15) is 17.6 Å². The number of nitrogens with two attached hydrogens (primary N) is 1. The van der Waals surface area contributed by atoms with E-state index in [1.807, 2.05) is 13.0 Å². The van der Waals surface area contributed by atoms with E-state index in [0.717, 1.165) is 10.8 Å². The Morgan fingerprint density at radius 2 is 2.39 bits per heavy atom. The Hall–Kier alpha value is -2.08. The van der Waals surface area contributed by atoms with Crippen LogP contribution in [0.2, 0.25) is 0 Å². The molecule has 0 saturated heterocycles. The van der Waals surface area contributed by atoms with Gasteiger partial charge in [0.25, 0.3) is 0 Å². The van der Waals surface area contributed by atoms with E-state index >= 15 is 0 Å². The fourth-order valence-corrected chi connectivity index (χ4v) is 2.13. The molecule has 18 heavy (non-hydrogen) atoms. The summed E-state index contributed by atoms with van der Waals surface area (Å²) in [6, 6.07) is 1.97. The van der Waals surface area contributed by atoms with Gasteiger partial charge in [-0.25, -0.2) is 4.79 Å². The molecule has 0 bridgehead atoms. The highest BCUT2D eigenvalue weighted by Gasteiger charge is 2.21. The standard InChI is InChI=1S/C12H12N4O2/c1-6(13)2-7-3-8-4-15-16-11(8)12-10(7)14-5-9(17)18-12/h3-4,6H,2,5,13H2,1H3/t6-/m0/s1. The number of ether oxygens (including phenoxy) is 1. The second kappa shape index (κ2) is 3.99. The van der Waals surface area contributed by atoms with E-state index in [1.165, 1.54) is 0 Å². The van der Waals surface area contributed by atoms with Crippen molar-refractivity contribution in [2.24, 2.45) is 21.0 Å². The number of rotatable bonds is 2. The van der Waals surface area contributed by atoms with E-state index in [2.05, 4.69) is 15.2 Å². The first-order valence-corrected chi connectivity index (χ1v) is 5.73. The molecular formula is C12H12N4O2. The second-order valence-electron chi connectivity index (χ2n) is 4.47. The number of carbonyl (C=O) groups is 1. The minimum absolute atomic E-state index is 0.00950. The monoisotopic (exact) mass is 244 g/mol. The molecule has 0 amide bonds. The lowest BCUT2D eigenvalue weighted by atomic mass is 10.0. The molecule has 3 rings (SSSR count). The van der Waals surface area contributed by atoms with Gasteiger partial charge in [-0.1, -0.05) is 0 Å². The number of azo groups is 1. The Morgan fingerprint density at radius 1 is 1.56 bits per heavy atom. The van der Waals surface area contributed by atoms with Crippen molar-refractivity contribution in [3.63, 3.8) is 0 Å². The Kier molecular flexibility index (Phi) is 2.45. The van der Waals surface area contributed by atoms with Gasteiger partial charge in [-0.05, 0) is 25.0 Å². The van der Waals surface area contributed by atoms with Crippen LogP contribution in [0.5, 0.6) is 5.75 Å². The molecule has 0 spiro atoms. The molecule has 2 aliphatic heterocycles. The predicted octanol–water partition coefficient (Wildman–Crippen LogP) is -0.0498. The van der Waals surface area contributed by atoms with E-state index in [4.69, 9.17) is 10.5 Å². The number of fused-ring (bicyclic) bond motifs is 3. The zero-order chi connectivity index (χ0) is 12.7. The molecular weight excluding hydrogens is 232 g/mol. The van der Waals surface area contributed by atoms with Gasteiger partial charge in [0.15, 0.2) is 5.75 Å². The zero-order valence-electron chi connectivity index (χ0n) is 9.88. The number of carbonyl (C=O) groups excluding carboxylic acids is 1. The summed E-state index contributed by atoms with van der Waals surface area (Å²) >= 11 is 0. The lowest BCUT2D eigenvalue weighted by Crippen LogP contribution is -2.31. The lowest BCUT2D eigenvalue weighted by molar-refractivity contribution is -0.133. The summed E-state index contributed by atoms with van der Waals surface area (Å²) < 4.78 is 5.25. The predicted molar refractivity (Wildman–Crippen MR) is 64.1 cm³/mol. The summed E-state index contributed by atoms with van der Waals surface area (Å²) in [5.74, 6) is 0.0432. The SMILES string of the molecule is C[C@H](N)Cc1cc2c(c3c1=NCC(=O)O3)N=NC=2. The maximum absolute atomic E-state index is 11.3. The summed E-state index contributed by atoms with van der Waals surface area (Å²) in [4.78, 5) is 15.6. The fraction of sp³-hybridized carbons (Fsp3) is 0.333. The molecule has 2 heterocycles. The molecule has 1 atom stereocenters. The van der Waals surface area contributed by atoms with Crippen molar-refractivity contribution in [3.05, 3.63) is 22.2 Å². The Bertz CT molecular complexity index is 676. The van der Waals surface area contributed by atoms with Crippen LogP contribution < -0.4 is 21.0 Å². The molecule has 2 N–H and O–H groups in total. The van der Waals surface area contributed by atoms with Gasteiger partial charge in [0.2, 0.25) is 0 Å².